The summed E-state index contributed by atoms with van der Waals surface area (Å²) in [6.45, 7) is 4.55. The third-order valence-corrected chi connectivity index (χ3v) is 3.21. The zero-order valence-corrected chi connectivity index (χ0v) is 13.2. The molecule has 0 aromatic heterocycles. The van der Waals surface area contributed by atoms with Gasteiger partial charge in [0.15, 0.2) is 11.6 Å². The van der Waals surface area contributed by atoms with Gasteiger partial charge in [0.1, 0.15) is 11.6 Å². The minimum Gasteiger partial charge on any atom is -0.494 e. The van der Waals surface area contributed by atoms with Crippen LogP contribution in [0.15, 0.2) is 30.3 Å². The highest BCUT2D eigenvalue weighted by Gasteiger charge is 2.18. The van der Waals surface area contributed by atoms with Gasteiger partial charge in [0, 0.05) is 17.2 Å². The molecule has 0 spiro atoms. The maximum absolute atomic E-state index is 14.2. The second kappa shape index (κ2) is 7.90. The van der Waals surface area contributed by atoms with E-state index in [0.717, 1.165) is 6.42 Å². The van der Waals surface area contributed by atoms with Crippen molar-refractivity contribution in [1.29, 1.82) is 0 Å². The predicted molar refractivity (Wildman–Crippen MR) is 83.3 cm³/mol. The quantitative estimate of drug-likeness (QED) is 0.683. The summed E-state index contributed by atoms with van der Waals surface area (Å²) in [5.74, 6) is -2.71. The van der Waals surface area contributed by atoms with E-state index in [0.29, 0.717) is 18.8 Å². The van der Waals surface area contributed by atoms with E-state index in [1.807, 2.05) is 13.8 Å². The summed E-state index contributed by atoms with van der Waals surface area (Å²) in [7, 11) is 0. The van der Waals surface area contributed by atoms with Crippen LogP contribution >= 0.6 is 0 Å². The van der Waals surface area contributed by atoms with Gasteiger partial charge in [-0.1, -0.05) is 13.8 Å². The molecule has 0 aliphatic heterocycles. The molecule has 2 aromatic rings. The molecule has 0 atom stereocenters. The van der Waals surface area contributed by atoms with Crippen molar-refractivity contribution in [3.63, 3.8) is 0 Å². The van der Waals surface area contributed by atoms with Gasteiger partial charge in [0.25, 0.3) is 0 Å². The second-order valence-corrected chi connectivity index (χ2v) is 5.08. The Labute approximate surface area is 133 Å². The SMILES string of the molecule is CCCOc1ccc(-c2ccc(OCCC)c(F)c2F)c(F)c1. The van der Waals surface area contributed by atoms with Crippen LogP contribution in [-0.4, -0.2) is 13.2 Å². The minimum absolute atomic E-state index is 0.0210. The molecule has 0 aliphatic rings. The number of hydrogen-bond acceptors (Lipinski definition) is 2. The summed E-state index contributed by atoms with van der Waals surface area (Å²) in [5.41, 5.74) is -0.168. The number of hydrogen-bond donors (Lipinski definition) is 0. The van der Waals surface area contributed by atoms with Crippen molar-refractivity contribution in [2.45, 2.75) is 26.7 Å². The van der Waals surface area contributed by atoms with Gasteiger partial charge in [-0.15, -0.1) is 0 Å². The molecular formula is C18H19F3O2. The zero-order valence-electron chi connectivity index (χ0n) is 13.2. The first kappa shape index (κ1) is 17.2. The number of ether oxygens (including phenoxy) is 2. The van der Waals surface area contributed by atoms with Crippen LogP contribution in [0.5, 0.6) is 11.5 Å². The van der Waals surface area contributed by atoms with Crippen molar-refractivity contribution in [2.75, 3.05) is 13.2 Å². The van der Waals surface area contributed by atoms with Gasteiger partial charge in [-0.3, -0.25) is 0 Å². The molecular weight excluding hydrogens is 305 g/mol. The van der Waals surface area contributed by atoms with Crippen LogP contribution in [0.1, 0.15) is 26.7 Å². The van der Waals surface area contributed by atoms with Crippen molar-refractivity contribution < 1.29 is 22.6 Å². The monoisotopic (exact) mass is 324 g/mol. The van der Waals surface area contributed by atoms with Gasteiger partial charge < -0.3 is 9.47 Å². The zero-order chi connectivity index (χ0) is 16.8. The summed E-state index contributed by atoms with van der Waals surface area (Å²) in [4.78, 5) is 0. The Bertz CT molecular complexity index is 672. The second-order valence-electron chi connectivity index (χ2n) is 5.08. The smallest absolute Gasteiger partial charge is 0.201 e. The largest absolute Gasteiger partial charge is 0.494 e. The molecule has 2 aromatic carbocycles. The Hall–Kier alpha value is -2.17. The Morgan fingerprint density at radius 1 is 0.783 bits per heavy atom. The molecule has 0 amide bonds. The summed E-state index contributed by atoms with van der Waals surface area (Å²) in [6, 6.07) is 6.71. The molecule has 0 unspecified atom stereocenters. The Balaban J connectivity index is 2.33. The van der Waals surface area contributed by atoms with E-state index in [9.17, 15) is 13.2 Å². The van der Waals surface area contributed by atoms with Crippen LogP contribution in [-0.2, 0) is 0 Å². The van der Waals surface area contributed by atoms with E-state index < -0.39 is 17.5 Å². The molecule has 0 heterocycles. The molecule has 0 saturated carbocycles. The van der Waals surface area contributed by atoms with E-state index in [1.165, 1.54) is 30.3 Å². The van der Waals surface area contributed by atoms with Gasteiger partial charge in [-0.2, -0.15) is 4.39 Å². The lowest BCUT2D eigenvalue weighted by atomic mass is 10.0. The predicted octanol–water partition coefficient (Wildman–Crippen LogP) is 5.35. The van der Waals surface area contributed by atoms with E-state index in [4.69, 9.17) is 9.47 Å². The highest BCUT2D eigenvalue weighted by molar-refractivity contribution is 5.66. The van der Waals surface area contributed by atoms with Gasteiger partial charge in [-0.05, 0) is 37.1 Å². The maximum atomic E-state index is 14.2. The van der Waals surface area contributed by atoms with Crippen LogP contribution in [0.3, 0.4) is 0 Å². The fraction of sp³-hybridized carbons (Fsp3) is 0.333. The standard InChI is InChI=1S/C18H19F3O2/c1-3-9-22-12-5-6-13(15(19)11-12)14-7-8-16(23-10-4-2)18(21)17(14)20/h5-8,11H,3-4,9-10H2,1-2H3. The highest BCUT2D eigenvalue weighted by atomic mass is 19.2. The average Bonchev–Trinajstić information content (AvgIpc) is 2.55. The molecule has 0 fully saturated rings. The van der Waals surface area contributed by atoms with Crippen molar-refractivity contribution in [2.24, 2.45) is 0 Å². The molecule has 5 heteroatoms. The van der Waals surface area contributed by atoms with Crippen LogP contribution in [0, 0.1) is 17.5 Å². The lowest BCUT2D eigenvalue weighted by molar-refractivity contribution is 0.295. The van der Waals surface area contributed by atoms with Gasteiger partial charge in [0.05, 0.1) is 13.2 Å². The maximum Gasteiger partial charge on any atom is 0.201 e. The third kappa shape index (κ3) is 3.97. The molecule has 23 heavy (non-hydrogen) atoms. The lowest BCUT2D eigenvalue weighted by Gasteiger charge is -2.11. The van der Waals surface area contributed by atoms with E-state index in [2.05, 4.69) is 0 Å². The normalized spacial score (nSPS) is 10.7. The first-order valence-electron chi connectivity index (χ1n) is 7.62. The van der Waals surface area contributed by atoms with E-state index in [1.54, 1.807) is 0 Å². The average molecular weight is 324 g/mol. The molecule has 124 valence electrons. The molecule has 2 rings (SSSR count). The number of halogens is 3. The highest BCUT2D eigenvalue weighted by Crippen LogP contribution is 2.32. The Morgan fingerprint density at radius 2 is 1.43 bits per heavy atom. The van der Waals surface area contributed by atoms with Crippen molar-refractivity contribution >= 4 is 0 Å². The summed E-state index contributed by atoms with van der Waals surface area (Å²) < 4.78 is 52.8. The lowest BCUT2D eigenvalue weighted by Crippen LogP contribution is -2.01. The fourth-order valence-corrected chi connectivity index (χ4v) is 2.09. The van der Waals surface area contributed by atoms with Crippen LogP contribution in [0.25, 0.3) is 11.1 Å². The molecule has 0 saturated heterocycles. The minimum atomic E-state index is -1.13. The number of rotatable bonds is 7. The molecule has 0 radical (unpaired) electrons. The van der Waals surface area contributed by atoms with Crippen LogP contribution in [0.4, 0.5) is 13.2 Å². The molecule has 0 bridgehead atoms. The van der Waals surface area contributed by atoms with Gasteiger partial charge in [0.2, 0.25) is 5.82 Å². The van der Waals surface area contributed by atoms with Crippen LogP contribution in [0.2, 0.25) is 0 Å². The van der Waals surface area contributed by atoms with E-state index >= 15 is 0 Å². The molecule has 0 N–H and O–H groups in total. The van der Waals surface area contributed by atoms with Gasteiger partial charge >= 0.3 is 0 Å². The summed E-state index contributed by atoms with van der Waals surface area (Å²) in [5, 5.41) is 0. The van der Waals surface area contributed by atoms with Crippen molar-refractivity contribution in [3.8, 4) is 22.6 Å². The van der Waals surface area contributed by atoms with E-state index in [-0.39, 0.29) is 23.5 Å². The Morgan fingerprint density at radius 3 is 2.09 bits per heavy atom. The fourth-order valence-electron chi connectivity index (χ4n) is 2.09. The number of benzene rings is 2. The van der Waals surface area contributed by atoms with Crippen molar-refractivity contribution in [1.82, 2.24) is 0 Å². The summed E-state index contributed by atoms with van der Waals surface area (Å²) in [6.07, 6.45) is 1.47. The third-order valence-electron chi connectivity index (χ3n) is 3.21. The topological polar surface area (TPSA) is 18.5 Å². The molecule has 2 nitrogen and oxygen atoms in total. The van der Waals surface area contributed by atoms with Gasteiger partial charge in [-0.25, -0.2) is 8.78 Å². The first-order valence-corrected chi connectivity index (χ1v) is 7.62. The van der Waals surface area contributed by atoms with Crippen LogP contribution < -0.4 is 9.47 Å². The summed E-state index contributed by atoms with van der Waals surface area (Å²) >= 11 is 0. The first-order chi connectivity index (χ1) is 11.1. The molecule has 0 aliphatic carbocycles. The Kier molecular flexibility index (Phi) is 5.90. The van der Waals surface area contributed by atoms with Crippen molar-refractivity contribution in [3.05, 3.63) is 47.8 Å².